The fourth-order valence-electron chi connectivity index (χ4n) is 3.74. The number of hydrogen-bond donors (Lipinski definition) is 0. The number of nitrogens with zero attached hydrogens (tertiary/aromatic N) is 7. The van der Waals surface area contributed by atoms with Crippen molar-refractivity contribution in [1.82, 2.24) is 24.5 Å². The molecule has 0 saturated heterocycles. The Bertz CT molecular complexity index is 1580. The van der Waals surface area contributed by atoms with Gasteiger partial charge in [0.25, 0.3) is 0 Å². The van der Waals surface area contributed by atoms with Crippen molar-refractivity contribution in [1.29, 1.82) is 5.26 Å². The first-order chi connectivity index (χ1) is 17.9. The number of halogens is 5. The zero-order valence-electron chi connectivity index (χ0n) is 19.6. The summed E-state index contributed by atoms with van der Waals surface area (Å²) in [6.45, 7) is 1.46. The fourth-order valence-corrected chi connectivity index (χ4v) is 4.05. The number of nitro groups is 1. The van der Waals surface area contributed by atoms with Crippen LogP contribution in [0.2, 0.25) is 0 Å². The molecule has 1 aromatic carbocycles. The van der Waals surface area contributed by atoms with E-state index in [0.29, 0.717) is 10.2 Å². The number of nitriles is 1. The molecule has 4 aromatic rings. The molecule has 0 bridgehead atoms. The zero-order valence-corrected chi connectivity index (χ0v) is 21.2. The average molecular weight is 594 g/mol. The van der Waals surface area contributed by atoms with E-state index in [1.54, 1.807) is 7.05 Å². The number of benzene rings is 1. The van der Waals surface area contributed by atoms with Gasteiger partial charge in [0.1, 0.15) is 18.0 Å². The normalized spacial score (nSPS) is 12.3. The van der Waals surface area contributed by atoms with Crippen LogP contribution in [0.4, 0.5) is 23.4 Å². The van der Waals surface area contributed by atoms with Crippen molar-refractivity contribution in [2.24, 2.45) is 7.05 Å². The monoisotopic (exact) mass is 593 g/mol. The molecule has 0 N–H and O–H groups in total. The molecule has 15 heteroatoms. The summed E-state index contributed by atoms with van der Waals surface area (Å²) < 4.78 is 63.8. The maximum absolute atomic E-state index is 14.3. The van der Waals surface area contributed by atoms with Crippen LogP contribution in [0.25, 0.3) is 5.69 Å². The summed E-state index contributed by atoms with van der Waals surface area (Å²) in [4.78, 5) is 14.4. The van der Waals surface area contributed by atoms with Gasteiger partial charge in [-0.15, -0.1) is 0 Å². The second-order valence-electron chi connectivity index (χ2n) is 8.06. The topological polar surface area (TPSA) is 125 Å². The van der Waals surface area contributed by atoms with E-state index in [1.165, 1.54) is 36.0 Å². The Hall–Kier alpha value is -4.32. The molecular weight excluding hydrogens is 578 g/mol. The minimum atomic E-state index is -4.78. The third-order valence-electron chi connectivity index (χ3n) is 5.46. The van der Waals surface area contributed by atoms with Crippen LogP contribution in [0, 0.1) is 27.3 Å². The molecule has 0 aliphatic heterocycles. The van der Waals surface area contributed by atoms with Gasteiger partial charge in [0.15, 0.2) is 17.6 Å². The van der Waals surface area contributed by atoms with Crippen LogP contribution in [0.1, 0.15) is 41.4 Å². The van der Waals surface area contributed by atoms with Gasteiger partial charge in [-0.2, -0.15) is 28.6 Å². The minimum absolute atomic E-state index is 0.0534. The highest BCUT2D eigenvalue weighted by atomic mass is 79.9. The van der Waals surface area contributed by atoms with Gasteiger partial charge in [0, 0.05) is 30.8 Å². The number of pyridine rings is 1. The lowest BCUT2D eigenvalue weighted by Gasteiger charge is -2.19. The molecule has 3 heterocycles. The van der Waals surface area contributed by atoms with Crippen molar-refractivity contribution in [3.63, 3.8) is 0 Å². The SMILES string of the molecule is CC(Oc1cc(Br)cnc1[N+](=O)[O-])c1cc(F)ccc1-n1nc(C(F)(F)F)cc1Cc1cc(C#N)nn1C. The molecule has 0 radical (unpaired) electrons. The van der Waals surface area contributed by atoms with Crippen molar-refractivity contribution in [2.45, 2.75) is 25.6 Å². The molecule has 4 rings (SSSR count). The summed E-state index contributed by atoms with van der Waals surface area (Å²) in [6, 6.07) is 8.78. The Morgan fingerprint density at radius 2 is 1.95 bits per heavy atom. The minimum Gasteiger partial charge on any atom is -0.478 e. The highest BCUT2D eigenvalue weighted by molar-refractivity contribution is 9.10. The number of rotatable bonds is 7. The molecule has 0 amide bonds. The van der Waals surface area contributed by atoms with Crippen molar-refractivity contribution < 1.29 is 27.2 Å². The third kappa shape index (κ3) is 5.49. The van der Waals surface area contributed by atoms with Gasteiger partial charge in [-0.05, 0) is 63.1 Å². The first kappa shape index (κ1) is 26.7. The maximum Gasteiger partial charge on any atom is 0.435 e. The number of ether oxygens (including phenoxy) is 1. The van der Waals surface area contributed by atoms with Gasteiger partial charge in [-0.1, -0.05) is 0 Å². The molecule has 10 nitrogen and oxygen atoms in total. The lowest BCUT2D eigenvalue weighted by Crippen LogP contribution is -2.14. The summed E-state index contributed by atoms with van der Waals surface area (Å²) in [5.41, 5.74) is -0.484. The number of aromatic nitrogens is 5. The highest BCUT2D eigenvalue weighted by Crippen LogP contribution is 2.35. The Labute approximate surface area is 220 Å². The lowest BCUT2D eigenvalue weighted by molar-refractivity contribution is -0.390. The Kier molecular flexibility index (Phi) is 7.18. The molecular formula is C23H16BrF4N7O3. The number of alkyl halides is 3. The summed E-state index contributed by atoms with van der Waals surface area (Å²) >= 11 is 3.16. The van der Waals surface area contributed by atoms with Crippen LogP contribution in [-0.2, 0) is 19.6 Å². The quantitative estimate of drug-likeness (QED) is 0.159. The number of aryl methyl sites for hydroxylation is 1. The van der Waals surface area contributed by atoms with E-state index in [0.717, 1.165) is 22.9 Å². The van der Waals surface area contributed by atoms with Crippen molar-refractivity contribution in [3.8, 4) is 17.5 Å². The molecule has 38 heavy (non-hydrogen) atoms. The molecule has 0 fully saturated rings. The zero-order chi connectivity index (χ0) is 27.8. The smallest absolute Gasteiger partial charge is 0.435 e. The summed E-state index contributed by atoms with van der Waals surface area (Å²) in [5, 5.41) is 28.2. The molecule has 0 aliphatic carbocycles. The molecule has 0 saturated carbocycles. The van der Waals surface area contributed by atoms with E-state index in [1.807, 2.05) is 6.07 Å². The standard InChI is InChI=1S/C23H16BrF4N7O3/c1-12(38-20-5-13(24)11-30-22(20)35(36)37)18-6-14(25)3-4-19(18)34-17(9-21(32-34)23(26,27)28)8-16-7-15(10-29)31-33(16)2/h3-7,9,11-12H,8H2,1-2H3. The van der Waals surface area contributed by atoms with E-state index >= 15 is 0 Å². The number of hydrogen-bond acceptors (Lipinski definition) is 7. The Morgan fingerprint density at radius 1 is 1.21 bits per heavy atom. The lowest BCUT2D eigenvalue weighted by atomic mass is 10.1. The fraction of sp³-hybridized carbons (Fsp3) is 0.217. The van der Waals surface area contributed by atoms with E-state index in [4.69, 9.17) is 10.00 Å². The van der Waals surface area contributed by atoms with E-state index in [-0.39, 0.29) is 34.8 Å². The van der Waals surface area contributed by atoms with E-state index in [9.17, 15) is 27.7 Å². The summed E-state index contributed by atoms with van der Waals surface area (Å²) in [7, 11) is 1.54. The molecule has 1 unspecified atom stereocenters. The van der Waals surface area contributed by atoms with Gasteiger partial charge in [0.2, 0.25) is 5.75 Å². The van der Waals surface area contributed by atoms with Gasteiger partial charge in [-0.25, -0.2) is 9.07 Å². The molecule has 1 atom stereocenters. The average Bonchev–Trinajstić information content (AvgIpc) is 3.42. The van der Waals surface area contributed by atoms with Crippen molar-refractivity contribution >= 4 is 21.7 Å². The van der Waals surface area contributed by atoms with Crippen LogP contribution in [-0.4, -0.2) is 29.5 Å². The van der Waals surface area contributed by atoms with Crippen LogP contribution in [0.3, 0.4) is 0 Å². The molecule has 3 aromatic heterocycles. The van der Waals surface area contributed by atoms with Crippen LogP contribution in [0.15, 0.2) is 47.1 Å². The van der Waals surface area contributed by atoms with Gasteiger partial charge >= 0.3 is 12.0 Å². The molecule has 0 spiro atoms. The predicted molar refractivity (Wildman–Crippen MR) is 127 cm³/mol. The van der Waals surface area contributed by atoms with Crippen molar-refractivity contribution in [3.05, 3.63) is 91.3 Å². The third-order valence-corrected chi connectivity index (χ3v) is 5.89. The van der Waals surface area contributed by atoms with Gasteiger partial charge in [-0.3, -0.25) is 4.68 Å². The van der Waals surface area contributed by atoms with Crippen molar-refractivity contribution in [2.75, 3.05) is 0 Å². The molecule has 196 valence electrons. The van der Waals surface area contributed by atoms with E-state index in [2.05, 4.69) is 31.1 Å². The van der Waals surface area contributed by atoms with Crippen LogP contribution in [0.5, 0.6) is 5.75 Å². The predicted octanol–water partition coefficient (Wildman–Crippen LogP) is 5.43. The molecule has 0 aliphatic rings. The highest BCUT2D eigenvalue weighted by Gasteiger charge is 2.36. The first-order valence-corrected chi connectivity index (χ1v) is 11.5. The second kappa shape index (κ2) is 10.2. The van der Waals surface area contributed by atoms with Crippen LogP contribution >= 0.6 is 15.9 Å². The first-order valence-electron chi connectivity index (χ1n) is 10.7. The Balaban J connectivity index is 1.82. The maximum atomic E-state index is 14.3. The largest absolute Gasteiger partial charge is 0.478 e. The van der Waals surface area contributed by atoms with Gasteiger partial charge in [0.05, 0.1) is 15.9 Å². The summed E-state index contributed by atoms with van der Waals surface area (Å²) in [6.07, 6.45) is -4.76. The van der Waals surface area contributed by atoms with E-state index < -0.39 is 34.5 Å². The second-order valence-corrected chi connectivity index (χ2v) is 8.97. The van der Waals surface area contributed by atoms with Crippen LogP contribution < -0.4 is 4.74 Å². The van der Waals surface area contributed by atoms with Gasteiger partial charge < -0.3 is 14.9 Å². The Morgan fingerprint density at radius 3 is 2.58 bits per heavy atom. The summed E-state index contributed by atoms with van der Waals surface area (Å²) in [5.74, 6) is -1.54.